The molecule has 0 heterocycles. The minimum absolute atomic E-state index is 0.103. The van der Waals surface area contributed by atoms with Crippen LogP contribution in [-0.4, -0.2) is 39.2 Å². The first-order valence-electron chi connectivity index (χ1n) is 4.89. The highest BCUT2D eigenvalue weighted by Crippen LogP contribution is 2.22. The summed E-state index contributed by atoms with van der Waals surface area (Å²) in [6.45, 7) is -0.240. The number of halogens is 4. The molecule has 0 spiro atoms. The van der Waals surface area contributed by atoms with Crippen LogP contribution in [0.25, 0.3) is 0 Å². The van der Waals surface area contributed by atoms with E-state index in [9.17, 15) is 17.6 Å². The molecule has 92 valence electrons. The Kier molecular flexibility index (Phi) is 7.68. The summed E-state index contributed by atoms with van der Waals surface area (Å²) < 4.78 is 52.4. The van der Waals surface area contributed by atoms with Crippen molar-refractivity contribution in [3.05, 3.63) is 0 Å². The highest BCUT2D eigenvalue weighted by molar-refractivity contribution is 4.67. The third-order valence-electron chi connectivity index (χ3n) is 1.83. The largest absolute Gasteiger partial charge is 0.375 e. The van der Waals surface area contributed by atoms with Gasteiger partial charge < -0.3 is 10.1 Å². The van der Waals surface area contributed by atoms with Crippen molar-refractivity contribution in [1.82, 2.24) is 5.32 Å². The molecule has 0 bridgehead atoms. The summed E-state index contributed by atoms with van der Waals surface area (Å²) in [5.41, 5.74) is 0. The molecule has 0 aromatic heterocycles. The molecule has 0 aromatic carbocycles. The Bertz CT molecular complexity index is 155. The van der Waals surface area contributed by atoms with E-state index in [2.05, 4.69) is 10.1 Å². The molecule has 2 nitrogen and oxygen atoms in total. The second-order valence-corrected chi connectivity index (χ2v) is 3.28. The first-order valence-corrected chi connectivity index (χ1v) is 4.89. The van der Waals surface area contributed by atoms with Crippen LogP contribution in [0.1, 0.15) is 19.3 Å². The van der Waals surface area contributed by atoms with E-state index in [-0.39, 0.29) is 6.61 Å². The van der Waals surface area contributed by atoms with Crippen molar-refractivity contribution >= 4 is 0 Å². The van der Waals surface area contributed by atoms with Gasteiger partial charge in [-0.2, -0.15) is 8.78 Å². The molecule has 0 fully saturated rings. The molecule has 0 radical (unpaired) electrons. The monoisotopic (exact) mass is 231 g/mol. The number of ether oxygens (including phenoxy) is 1. The number of nitrogens with one attached hydrogen (secondary N) is 1. The number of hydrogen-bond donors (Lipinski definition) is 1. The van der Waals surface area contributed by atoms with E-state index in [0.717, 1.165) is 19.4 Å². The summed E-state index contributed by atoms with van der Waals surface area (Å²) >= 11 is 0. The molecular formula is C9H17F4NO. The van der Waals surface area contributed by atoms with Crippen molar-refractivity contribution < 1.29 is 22.3 Å². The van der Waals surface area contributed by atoms with Gasteiger partial charge in [-0.1, -0.05) is 0 Å². The summed E-state index contributed by atoms with van der Waals surface area (Å²) in [6.07, 6.45) is -1.28. The maximum absolute atomic E-state index is 12.3. The summed E-state index contributed by atoms with van der Waals surface area (Å²) in [5, 5.41) is 2.94. The zero-order valence-corrected chi connectivity index (χ0v) is 8.74. The Morgan fingerprint density at radius 3 is 2.40 bits per heavy atom. The van der Waals surface area contributed by atoms with E-state index in [0.29, 0.717) is 6.42 Å². The summed E-state index contributed by atoms with van der Waals surface area (Å²) in [5.74, 6) is -4.02. The molecular weight excluding hydrogens is 214 g/mol. The van der Waals surface area contributed by atoms with Gasteiger partial charge in [-0.25, -0.2) is 8.78 Å². The second-order valence-electron chi connectivity index (χ2n) is 3.28. The Morgan fingerprint density at radius 2 is 1.87 bits per heavy atom. The molecule has 0 amide bonds. The van der Waals surface area contributed by atoms with Crippen LogP contribution in [0.5, 0.6) is 0 Å². The van der Waals surface area contributed by atoms with Gasteiger partial charge in [-0.15, -0.1) is 0 Å². The van der Waals surface area contributed by atoms with Gasteiger partial charge in [0.1, 0.15) is 6.61 Å². The molecule has 0 saturated carbocycles. The van der Waals surface area contributed by atoms with Crippen molar-refractivity contribution in [3.8, 4) is 0 Å². The van der Waals surface area contributed by atoms with Gasteiger partial charge in [-0.05, 0) is 32.9 Å². The smallest absolute Gasteiger partial charge is 0.330 e. The Labute approximate surface area is 87.0 Å². The normalized spacial score (nSPS) is 12.4. The molecule has 0 aliphatic heterocycles. The lowest BCUT2D eigenvalue weighted by molar-refractivity contribution is -0.165. The highest BCUT2D eigenvalue weighted by Gasteiger charge is 2.40. The molecule has 15 heavy (non-hydrogen) atoms. The Balaban J connectivity index is 3.31. The fraction of sp³-hybridized carbons (Fsp3) is 1.00. The van der Waals surface area contributed by atoms with Crippen molar-refractivity contribution in [1.29, 1.82) is 0 Å². The minimum atomic E-state index is -4.02. The molecule has 6 heteroatoms. The quantitative estimate of drug-likeness (QED) is 0.485. The van der Waals surface area contributed by atoms with Crippen LogP contribution in [0.2, 0.25) is 0 Å². The molecule has 0 aliphatic rings. The average molecular weight is 231 g/mol. The predicted molar refractivity (Wildman–Crippen MR) is 49.5 cm³/mol. The van der Waals surface area contributed by atoms with E-state index in [1.54, 1.807) is 0 Å². The molecule has 1 N–H and O–H groups in total. The van der Waals surface area contributed by atoms with Gasteiger partial charge in [0.05, 0.1) is 0 Å². The summed E-state index contributed by atoms with van der Waals surface area (Å²) in [6, 6.07) is 0. The van der Waals surface area contributed by atoms with E-state index < -0.39 is 19.0 Å². The van der Waals surface area contributed by atoms with Gasteiger partial charge in [0.25, 0.3) is 0 Å². The zero-order chi connectivity index (χ0) is 11.7. The highest BCUT2D eigenvalue weighted by atomic mass is 19.3. The molecule has 0 unspecified atom stereocenters. The molecule has 0 saturated heterocycles. The SMILES string of the molecule is CNCCCCCOCC(F)(F)C(F)F. The lowest BCUT2D eigenvalue weighted by atomic mass is 10.2. The standard InChI is InChI=1S/C9H17F4NO/c1-14-5-3-2-4-6-15-7-9(12,13)8(10)11/h8,14H,2-7H2,1H3. The van der Waals surface area contributed by atoms with Gasteiger partial charge >= 0.3 is 12.3 Å². The lowest BCUT2D eigenvalue weighted by Crippen LogP contribution is -2.32. The van der Waals surface area contributed by atoms with Crippen LogP contribution in [0.15, 0.2) is 0 Å². The van der Waals surface area contributed by atoms with E-state index in [4.69, 9.17) is 0 Å². The first kappa shape index (κ1) is 14.6. The van der Waals surface area contributed by atoms with Gasteiger partial charge in [0, 0.05) is 6.61 Å². The van der Waals surface area contributed by atoms with Gasteiger partial charge in [-0.3, -0.25) is 0 Å². The van der Waals surface area contributed by atoms with Crippen LogP contribution in [0.4, 0.5) is 17.6 Å². The maximum Gasteiger partial charge on any atom is 0.330 e. The van der Waals surface area contributed by atoms with Crippen molar-refractivity contribution in [2.45, 2.75) is 31.6 Å². The maximum atomic E-state index is 12.3. The minimum Gasteiger partial charge on any atom is -0.375 e. The molecule has 0 aromatic rings. The third kappa shape index (κ3) is 7.56. The average Bonchev–Trinajstić information content (AvgIpc) is 2.16. The van der Waals surface area contributed by atoms with Crippen LogP contribution in [0, 0.1) is 0 Å². The number of unbranched alkanes of at least 4 members (excludes halogenated alkanes) is 2. The van der Waals surface area contributed by atoms with Crippen LogP contribution < -0.4 is 5.32 Å². The zero-order valence-electron chi connectivity index (χ0n) is 8.74. The fourth-order valence-electron chi connectivity index (χ4n) is 0.954. The molecule has 0 atom stereocenters. The van der Waals surface area contributed by atoms with Gasteiger partial charge in [0.2, 0.25) is 0 Å². The van der Waals surface area contributed by atoms with Crippen LogP contribution >= 0.6 is 0 Å². The number of hydrogen-bond acceptors (Lipinski definition) is 2. The second kappa shape index (κ2) is 7.87. The van der Waals surface area contributed by atoms with E-state index >= 15 is 0 Å². The van der Waals surface area contributed by atoms with E-state index in [1.165, 1.54) is 0 Å². The first-order chi connectivity index (χ1) is 7.00. The topological polar surface area (TPSA) is 21.3 Å². The predicted octanol–water partition coefficient (Wildman–Crippen LogP) is 2.29. The summed E-state index contributed by atoms with van der Waals surface area (Å²) in [7, 11) is 1.82. The van der Waals surface area contributed by atoms with Crippen molar-refractivity contribution in [2.75, 3.05) is 26.8 Å². The molecule has 0 rings (SSSR count). The van der Waals surface area contributed by atoms with E-state index in [1.807, 2.05) is 7.05 Å². The summed E-state index contributed by atoms with van der Waals surface area (Å²) in [4.78, 5) is 0. The van der Waals surface area contributed by atoms with Crippen LogP contribution in [0.3, 0.4) is 0 Å². The third-order valence-corrected chi connectivity index (χ3v) is 1.83. The lowest BCUT2D eigenvalue weighted by Gasteiger charge is -2.14. The van der Waals surface area contributed by atoms with Crippen molar-refractivity contribution in [2.24, 2.45) is 0 Å². The van der Waals surface area contributed by atoms with Crippen LogP contribution in [-0.2, 0) is 4.74 Å². The fourth-order valence-corrected chi connectivity index (χ4v) is 0.954. The molecule has 0 aliphatic carbocycles. The number of rotatable bonds is 9. The van der Waals surface area contributed by atoms with Crippen molar-refractivity contribution in [3.63, 3.8) is 0 Å². The Morgan fingerprint density at radius 1 is 1.20 bits per heavy atom. The number of alkyl halides is 4. The van der Waals surface area contributed by atoms with Gasteiger partial charge in [0.15, 0.2) is 0 Å². The Hall–Kier alpha value is -0.360.